The van der Waals surface area contributed by atoms with Gasteiger partial charge in [-0.3, -0.25) is 9.59 Å². The molecule has 6 nitrogen and oxygen atoms in total. The predicted molar refractivity (Wildman–Crippen MR) is 79.9 cm³/mol. The molecule has 0 aromatic rings. The van der Waals surface area contributed by atoms with E-state index in [-0.39, 0.29) is 17.7 Å². The van der Waals surface area contributed by atoms with E-state index in [1.165, 1.54) is 0 Å². The third-order valence-corrected chi connectivity index (χ3v) is 5.25. The van der Waals surface area contributed by atoms with Gasteiger partial charge in [0.15, 0.2) is 0 Å². The Hall–Kier alpha value is -1.56. The van der Waals surface area contributed by atoms with Gasteiger partial charge >= 0.3 is 0 Å². The summed E-state index contributed by atoms with van der Waals surface area (Å²) in [6, 6.07) is 0. The number of rotatable bonds is 2. The minimum atomic E-state index is -0.493. The molecular formula is C16H24N2O4. The highest BCUT2D eigenvalue weighted by molar-refractivity contribution is 5.95. The number of hydrogen-bond acceptors (Lipinski definition) is 4. The third-order valence-electron chi connectivity index (χ3n) is 5.25. The number of allylic oxidation sites excluding steroid dienone is 1. The van der Waals surface area contributed by atoms with Crippen LogP contribution >= 0.6 is 0 Å². The van der Waals surface area contributed by atoms with Crippen LogP contribution < -0.4 is 5.32 Å². The first-order valence-corrected chi connectivity index (χ1v) is 8.00. The summed E-state index contributed by atoms with van der Waals surface area (Å²) < 4.78 is 11.1. The summed E-state index contributed by atoms with van der Waals surface area (Å²) in [5, 5.41) is 2.78. The van der Waals surface area contributed by atoms with Crippen molar-refractivity contribution < 1.29 is 19.1 Å². The van der Waals surface area contributed by atoms with E-state index in [9.17, 15) is 9.59 Å². The normalized spacial score (nSPS) is 31.5. The Morgan fingerprint density at radius 1 is 1.36 bits per heavy atom. The van der Waals surface area contributed by atoms with E-state index in [0.717, 1.165) is 24.2 Å². The SMILES string of the molecule is CNC(=O)[C@]12CCOC[C@H]1CN(C(=O)C1=C(C)OCCC1)C2. The number of nitrogens with zero attached hydrogens (tertiary/aromatic N) is 1. The average molecular weight is 308 g/mol. The molecule has 2 amide bonds. The Bertz CT molecular complexity index is 516. The molecule has 2 saturated heterocycles. The van der Waals surface area contributed by atoms with Crippen LogP contribution in [-0.4, -0.2) is 56.7 Å². The molecule has 3 aliphatic rings. The van der Waals surface area contributed by atoms with Crippen LogP contribution in [0.4, 0.5) is 0 Å². The highest BCUT2D eigenvalue weighted by atomic mass is 16.5. The van der Waals surface area contributed by atoms with E-state index in [0.29, 0.717) is 39.3 Å². The monoisotopic (exact) mass is 308 g/mol. The molecule has 3 rings (SSSR count). The lowest BCUT2D eigenvalue weighted by molar-refractivity contribution is -0.139. The molecule has 0 bridgehead atoms. The van der Waals surface area contributed by atoms with E-state index in [2.05, 4.69) is 5.32 Å². The van der Waals surface area contributed by atoms with Gasteiger partial charge in [-0.15, -0.1) is 0 Å². The Morgan fingerprint density at radius 2 is 2.18 bits per heavy atom. The highest BCUT2D eigenvalue weighted by Crippen LogP contribution is 2.43. The molecule has 6 heteroatoms. The van der Waals surface area contributed by atoms with Crippen molar-refractivity contribution in [3.63, 3.8) is 0 Å². The fourth-order valence-electron chi connectivity index (χ4n) is 3.91. The Kier molecular flexibility index (Phi) is 4.12. The lowest BCUT2D eigenvalue weighted by Crippen LogP contribution is -2.49. The van der Waals surface area contributed by atoms with E-state index in [1.807, 2.05) is 11.8 Å². The van der Waals surface area contributed by atoms with Gasteiger partial charge in [0.05, 0.1) is 24.2 Å². The van der Waals surface area contributed by atoms with Crippen LogP contribution in [0.25, 0.3) is 0 Å². The van der Waals surface area contributed by atoms with Gasteiger partial charge in [-0.25, -0.2) is 0 Å². The molecule has 0 aromatic carbocycles. The van der Waals surface area contributed by atoms with Crippen molar-refractivity contribution >= 4 is 11.8 Å². The molecule has 0 spiro atoms. The van der Waals surface area contributed by atoms with Gasteiger partial charge in [-0.2, -0.15) is 0 Å². The molecule has 2 fully saturated rings. The number of nitrogens with one attached hydrogen (secondary N) is 1. The number of carbonyl (C=O) groups is 2. The number of amides is 2. The first-order valence-electron chi connectivity index (χ1n) is 8.00. The molecule has 0 unspecified atom stereocenters. The maximum Gasteiger partial charge on any atom is 0.253 e. The standard InChI is InChI=1S/C16H24N2O4/c1-11-13(4-3-6-22-11)14(19)18-8-12-9-21-7-5-16(12,10-18)15(20)17-2/h12H,3-10H2,1-2H3,(H,17,20)/t12-,16+/m1/s1. The molecule has 1 N–H and O–H groups in total. The topological polar surface area (TPSA) is 67.9 Å². The largest absolute Gasteiger partial charge is 0.498 e. The Labute approximate surface area is 130 Å². The summed E-state index contributed by atoms with van der Waals surface area (Å²) in [5.41, 5.74) is 0.269. The first-order chi connectivity index (χ1) is 10.6. The van der Waals surface area contributed by atoms with Gasteiger partial charge in [0.2, 0.25) is 5.91 Å². The number of likely N-dealkylation sites (tertiary alicyclic amines) is 1. The quantitative estimate of drug-likeness (QED) is 0.815. The van der Waals surface area contributed by atoms with Crippen LogP contribution in [0, 0.1) is 11.3 Å². The van der Waals surface area contributed by atoms with Gasteiger partial charge in [0.25, 0.3) is 5.91 Å². The van der Waals surface area contributed by atoms with Crippen molar-refractivity contribution in [2.24, 2.45) is 11.3 Å². The molecule has 3 aliphatic heterocycles. The highest BCUT2D eigenvalue weighted by Gasteiger charge is 2.54. The van der Waals surface area contributed by atoms with Crippen molar-refractivity contribution in [2.75, 3.05) is 40.0 Å². The molecule has 0 saturated carbocycles. The smallest absolute Gasteiger partial charge is 0.253 e. The summed E-state index contributed by atoms with van der Waals surface area (Å²) >= 11 is 0. The van der Waals surface area contributed by atoms with E-state index in [4.69, 9.17) is 9.47 Å². The van der Waals surface area contributed by atoms with Crippen molar-refractivity contribution in [1.29, 1.82) is 0 Å². The van der Waals surface area contributed by atoms with E-state index < -0.39 is 5.41 Å². The van der Waals surface area contributed by atoms with Crippen molar-refractivity contribution in [3.05, 3.63) is 11.3 Å². The molecule has 22 heavy (non-hydrogen) atoms. The second kappa shape index (κ2) is 5.91. The van der Waals surface area contributed by atoms with Crippen molar-refractivity contribution in [1.82, 2.24) is 10.2 Å². The summed E-state index contributed by atoms with van der Waals surface area (Å²) in [6.45, 7) is 4.73. The predicted octanol–water partition coefficient (Wildman–Crippen LogP) is 0.682. The second-order valence-corrected chi connectivity index (χ2v) is 6.43. The van der Waals surface area contributed by atoms with Crippen LogP contribution in [0.5, 0.6) is 0 Å². The van der Waals surface area contributed by atoms with Gasteiger partial charge in [-0.05, 0) is 26.2 Å². The number of ether oxygens (including phenoxy) is 2. The van der Waals surface area contributed by atoms with Crippen LogP contribution in [0.15, 0.2) is 11.3 Å². The van der Waals surface area contributed by atoms with Crippen LogP contribution in [0.3, 0.4) is 0 Å². The summed E-state index contributed by atoms with van der Waals surface area (Å²) in [4.78, 5) is 27.1. The van der Waals surface area contributed by atoms with Gasteiger partial charge in [0, 0.05) is 32.7 Å². The van der Waals surface area contributed by atoms with Crippen LogP contribution in [0.2, 0.25) is 0 Å². The maximum atomic E-state index is 12.8. The Balaban J connectivity index is 1.82. The van der Waals surface area contributed by atoms with Crippen molar-refractivity contribution in [3.8, 4) is 0 Å². The summed E-state index contributed by atoms with van der Waals surface area (Å²) in [5.74, 6) is 0.864. The Morgan fingerprint density at radius 3 is 2.91 bits per heavy atom. The maximum absolute atomic E-state index is 12.8. The van der Waals surface area contributed by atoms with Gasteiger partial charge < -0.3 is 19.7 Å². The fraction of sp³-hybridized carbons (Fsp3) is 0.750. The van der Waals surface area contributed by atoms with Gasteiger partial charge in [-0.1, -0.05) is 0 Å². The van der Waals surface area contributed by atoms with Gasteiger partial charge in [0.1, 0.15) is 5.76 Å². The number of carbonyl (C=O) groups excluding carboxylic acids is 2. The summed E-state index contributed by atoms with van der Waals surface area (Å²) in [7, 11) is 1.66. The zero-order valence-corrected chi connectivity index (χ0v) is 13.3. The lowest BCUT2D eigenvalue weighted by Gasteiger charge is -2.36. The lowest BCUT2D eigenvalue weighted by atomic mass is 9.73. The average Bonchev–Trinajstić information content (AvgIpc) is 2.94. The number of hydrogen-bond donors (Lipinski definition) is 1. The molecular weight excluding hydrogens is 284 g/mol. The van der Waals surface area contributed by atoms with E-state index in [1.54, 1.807) is 7.05 Å². The molecule has 3 heterocycles. The first kappa shape index (κ1) is 15.3. The zero-order chi connectivity index (χ0) is 15.7. The molecule has 0 aromatic heterocycles. The van der Waals surface area contributed by atoms with Crippen molar-refractivity contribution in [2.45, 2.75) is 26.2 Å². The minimum Gasteiger partial charge on any atom is -0.498 e. The molecule has 0 radical (unpaired) electrons. The fourth-order valence-corrected chi connectivity index (χ4v) is 3.91. The van der Waals surface area contributed by atoms with Crippen LogP contribution in [-0.2, 0) is 19.1 Å². The van der Waals surface area contributed by atoms with Crippen LogP contribution in [0.1, 0.15) is 26.2 Å². The molecule has 0 aliphatic carbocycles. The third kappa shape index (κ3) is 2.39. The second-order valence-electron chi connectivity index (χ2n) is 6.43. The number of fused-ring (bicyclic) bond motifs is 1. The zero-order valence-electron chi connectivity index (χ0n) is 13.3. The minimum absolute atomic E-state index is 0.0230. The summed E-state index contributed by atoms with van der Waals surface area (Å²) in [6.07, 6.45) is 2.31. The molecule has 122 valence electrons. The van der Waals surface area contributed by atoms with E-state index >= 15 is 0 Å². The molecule has 2 atom stereocenters.